The number of hydrogen-bond acceptors (Lipinski definition) is 3. The Balaban J connectivity index is 2.59. The summed E-state index contributed by atoms with van der Waals surface area (Å²) in [6, 6.07) is 10.7. The van der Waals surface area contributed by atoms with Crippen molar-refractivity contribution >= 4 is 15.6 Å². The fourth-order valence-electron chi connectivity index (χ4n) is 1.41. The smallest absolute Gasteiger partial charge is 0.428 e. The molecule has 0 radical (unpaired) electrons. The fourth-order valence-corrected chi connectivity index (χ4v) is 3.29. The molecule has 0 aliphatic rings. The van der Waals surface area contributed by atoms with E-state index in [0.29, 0.717) is 0 Å². The van der Waals surface area contributed by atoms with E-state index in [0.717, 1.165) is 6.04 Å². The lowest BCUT2D eigenvalue weighted by Gasteiger charge is -2.22. The van der Waals surface area contributed by atoms with Gasteiger partial charge < -0.3 is 14.4 Å². The summed E-state index contributed by atoms with van der Waals surface area (Å²) >= 11 is 0. The molecule has 0 heterocycles. The van der Waals surface area contributed by atoms with Crippen molar-refractivity contribution in [3.63, 3.8) is 0 Å². The Morgan fingerprint density at radius 2 is 1.79 bits per heavy atom. The number of rotatable bonds is 4. The first-order chi connectivity index (χ1) is 6.49. The van der Waals surface area contributed by atoms with Crippen molar-refractivity contribution in [1.82, 2.24) is 0 Å². The summed E-state index contributed by atoms with van der Waals surface area (Å²) in [5, 5.41) is 17.5. The minimum atomic E-state index is -2.01. The van der Waals surface area contributed by atoms with E-state index >= 15 is 0 Å². The quantitative estimate of drug-likeness (QED) is 0.727. The van der Waals surface area contributed by atoms with Crippen LogP contribution in [0.25, 0.3) is 0 Å². The molecule has 3 nitrogen and oxygen atoms in total. The largest absolute Gasteiger partial charge is 0.622 e. The van der Waals surface area contributed by atoms with Gasteiger partial charge in [0.25, 0.3) is 0 Å². The molecule has 0 spiro atoms. The molecule has 2 N–H and O–H groups in total. The van der Waals surface area contributed by atoms with E-state index in [2.05, 4.69) is 0 Å². The van der Waals surface area contributed by atoms with Gasteiger partial charge in [0.1, 0.15) is 0 Å². The van der Waals surface area contributed by atoms with Crippen molar-refractivity contribution in [1.29, 1.82) is 0 Å². The van der Waals surface area contributed by atoms with Gasteiger partial charge in [-0.2, -0.15) is 0 Å². The molecule has 14 heavy (non-hydrogen) atoms. The highest BCUT2D eigenvalue weighted by Gasteiger charge is 2.28. The lowest BCUT2D eigenvalue weighted by atomic mass is 10.2. The van der Waals surface area contributed by atoms with Crippen LogP contribution in [-0.4, -0.2) is 25.7 Å². The van der Waals surface area contributed by atoms with Gasteiger partial charge in [0.05, 0.1) is 0 Å². The highest BCUT2D eigenvalue weighted by molar-refractivity contribution is 6.75. The van der Waals surface area contributed by atoms with E-state index < -0.39 is 15.6 Å². The van der Waals surface area contributed by atoms with Gasteiger partial charge in [-0.05, 0) is 24.7 Å². The third kappa shape index (κ3) is 4.06. The van der Waals surface area contributed by atoms with Crippen LogP contribution in [0.1, 0.15) is 5.56 Å². The van der Waals surface area contributed by atoms with Gasteiger partial charge in [-0.1, -0.05) is 30.3 Å². The molecule has 1 aromatic rings. The van der Waals surface area contributed by atoms with Crippen molar-refractivity contribution in [3.8, 4) is 0 Å². The molecule has 0 saturated carbocycles. The van der Waals surface area contributed by atoms with Crippen molar-refractivity contribution < 1.29 is 14.4 Å². The van der Waals surface area contributed by atoms with Crippen LogP contribution in [0.2, 0.25) is 13.1 Å². The summed E-state index contributed by atoms with van der Waals surface area (Å²) in [5.74, 6) is 0. The molecule has 0 unspecified atom stereocenters. The summed E-state index contributed by atoms with van der Waals surface area (Å²) in [6.45, 7) is 3.92. The molecule has 0 amide bonds. The zero-order valence-electron chi connectivity index (χ0n) is 8.47. The van der Waals surface area contributed by atoms with Gasteiger partial charge in [0, 0.05) is 0 Å². The number of benzene rings is 1. The van der Waals surface area contributed by atoms with Crippen LogP contribution < -0.4 is 0 Å². The molecule has 76 valence electrons. The molecule has 0 fully saturated rings. The second-order valence-electron chi connectivity index (χ2n) is 3.87. The first-order valence-electron chi connectivity index (χ1n) is 4.57. The highest BCUT2D eigenvalue weighted by Crippen LogP contribution is 2.13. The van der Waals surface area contributed by atoms with E-state index in [-0.39, 0.29) is 0 Å². The van der Waals surface area contributed by atoms with Crippen molar-refractivity contribution in [2.45, 2.75) is 19.1 Å². The van der Waals surface area contributed by atoms with Crippen LogP contribution in [0.5, 0.6) is 0 Å². The molecule has 0 aromatic heterocycles. The predicted molar refractivity (Wildman–Crippen MR) is 58.9 cm³/mol. The van der Waals surface area contributed by atoms with E-state index in [1.807, 2.05) is 43.4 Å². The minimum Gasteiger partial charge on any atom is -0.428 e. The first kappa shape index (κ1) is 11.5. The van der Waals surface area contributed by atoms with E-state index in [1.54, 1.807) is 0 Å². The van der Waals surface area contributed by atoms with E-state index in [4.69, 9.17) is 14.4 Å². The third-order valence-electron chi connectivity index (χ3n) is 1.90. The Labute approximate surface area is 85.7 Å². The lowest BCUT2D eigenvalue weighted by Crippen LogP contribution is -2.40. The molecule has 0 aliphatic heterocycles. The molecular formula is C9H15BO3Si. The fraction of sp³-hybridized carbons (Fsp3) is 0.333. The SMILES string of the molecule is C[Si](C)(Cc1ccccc1)OB(O)O. The van der Waals surface area contributed by atoms with Crippen molar-refractivity contribution in [3.05, 3.63) is 35.9 Å². The van der Waals surface area contributed by atoms with Crippen LogP contribution in [-0.2, 0) is 10.4 Å². The van der Waals surface area contributed by atoms with Crippen LogP contribution in [0.15, 0.2) is 30.3 Å². The van der Waals surface area contributed by atoms with Gasteiger partial charge in [-0.3, -0.25) is 0 Å². The third-order valence-corrected chi connectivity index (χ3v) is 4.01. The van der Waals surface area contributed by atoms with Gasteiger partial charge >= 0.3 is 7.32 Å². The van der Waals surface area contributed by atoms with Crippen LogP contribution in [0.3, 0.4) is 0 Å². The predicted octanol–water partition coefficient (Wildman–Crippen LogP) is 0.959. The minimum absolute atomic E-state index is 0.783. The van der Waals surface area contributed by atoms with Crippen molar-refractivity contribution in [2.75, 3.05) is 0 Å². The summed E-state index contributed by atoms with van der Waals surface area (Å²) in [6.07, 6.45) is 0. The molecule has 1 aromatic carbocycles. The Morgan fingerprint density at radius 3 is 2.29 bits per heavy atom. The Morgan fingerprint density at radius 1 is 1.21 bits per heavy atom. The molecular weight excluding hydrogens is 195 g/mol. The Bertz CT molecular complexity index is 277. The maximum atomic E-state index is 8.73. The zero-order valence-corrected chi connectivity index (χ0v) is 9.47. The van der Waals surface area contributed by atoms with Gasteiger partial charge in [-0.25, -0.2) is 0 Å². The van der Waals surface area contributed by atoms with Crippen LogP contribution in [0, 0.1) is 0 Å². The second-order valence-corrected chi connectivity index (χ2v) is 7.97. The number of hydrogen-bond donors (Lipinski definition) is 2. The first-order valence-corrected chi connectivity index (χ1v) is 7.69. The second kappa shape index (κ2) is 4.75. The molecule has 5 heteroatoms. The summed E-state index contributed by atoms with van der Waals surface area (Å²) in [4.78, 5) is 0. The molecule has 0 atom stereocenters. The van der Waals surface area contributed by atoms with Crippen LogP contribution >= 0.6 is 0 Å². The Hall–Kier alpha value is -0.618. The summed E-state index contributed by atoms with van der Waals surface area (Å²) in [7, 11) is -3.66. The van der Waals surface area contributed by atoms with Crippen molar-refractivity contribution in [2.24, 2.45) is 0 Å². The lowest BCUT2D eigenvalue weighted by molar-refractivity contribution is 0.283. The zero-order chi connectivity index (χ0) is 10.6. The molecule has 0 saturated heterocycles. The topological polar surface area (TPSA) is 49.7 Å². The van der Waals surface area contributed by atoms with E-state index in [9.17, 15) is 0 Å². The highest BCUT2D eigenvalue weighted by atomic mass is 28.4. The van der Waals surface area contributed by atoms with Gasteiger partial charge in [0.15, 0.2) is 8.32 Å². The molecule has 0 bridgehead atoms. The Kier molecular flexibility index (Phi) is 3.88. The summed E-state index contributed by atoms with van der Waals surface area (Å²) in [5.41, 5.74) is 1.17. The van der Waals surface area contributed by atoms with Gasteiger partial charge in [0.2, 0.25) is 0 Å². The van der Waals surface area contributed by atoms with Gasteiger partial charge in [-0.15, -0.1) is 0 Å². The average molecular weight is 210 g/mol. The average Bonchev–Trinajstić information content (AvgIpc) is 2.02. The molecule has 0 aliphatic carbocycles. The van der Waals surface area contributed by atoms with E-state index in [1.165, 1.54) is 5.56 Å². The summed E-state index contributed by atoms with van der Waals surface area (Å²) < 4.78 is 5.09. The maximum absolute atomic E-state index is 8.73. The monoisotopic (exact) mass is 210 g/mol. The standard InChI is InChI=1S/C9H15BO3Si/c1-14(2,13-10(11)12)8-9-6-4-3-5-7-9/h3-7,11-12H,8H2,1-2H3. The maximum Gasteiger partial charge on any atom is 0.622 e. The molecule has 1 rings (SSSR count). The normalized spacial score (nSPS) is 11.4. The van der Waals surface area contributed by atoms with Crippen LogP contribution in [0.4, 0.5) is 0 Å².